The molecule has 4 aromatic heterocycles. The van der Waals surface area contributed by atoms with Gasteiger partial charge in [-0.1, -0.05) is 11.3 Å². The van der Waals surface area contributed by atoms with Crippen molar-refractivity contribution in [2.75, 3.05) is 11.6 Å². The van der Waals surface area contributed by atoms with E-state index in [1.807, 2.05) is 0 Å². The molecule has 168 valence electrons. The smallest absolute Gasteiger partial charge is 0.413 e. The average Bonchev–Trinajstić information content (AvgIpc) is 3.23. The Morgan fingerprint density at radius 2 is 2.12 bits per heavy atom. The molecule has 10 nitrogen and oxygen atoms in total. The van der Waals surface area contributed by atoms with Crippen molar-refractivity contribution in [1.82, 2.24) is 24.3 Å². The van der Waals surface area contributed by atoms with Crippen LogP contribution in [0.25, 0.3) is 21.3 Å². The highest BCUT2D eigenvalue weighted by molar-refractivity contribution is 7.92. The first-order valence-corrected chi connectivity index (χ1v) is 12.0. The Hall–Kier alpha value is -2.96. The number of carbonyl (C=O) groups is 1. The maximum Gasteiger partial charge on any atom is 0.413 e. The van der Waals surface area contributed by atoms with Crippen molar-refractivity contribution >= 4 is 55.7 Å². The number of amides is 1. The van der Waals surface area contributed by atoms with Gasteiger partial charge in [0.25, 0.3) is 5.56 Å². The Labute approximate surface area is 190 Å². The topological polar surface area (TPSA) is 127 Å². The van der Waals surface area contributed by atoms with Crippen molar-refractivity contribution in [2.24, 2.45) is 7.05 Å². The number of anilines is 1. The molecule has 1 N–H and O–H groups in total. The summed E-state index contributed by atoms with van der Waals surface area (Å²) in [6.45, 7) is 5.51. The molecular weight excluding hydrogens is 452 g/mol. The molecule has 0 fully saturated rings. The maximum absolute atomic E-state index is 13.2. The minimum Gasteiger partial charge on any atom is -0.610 e. The number of nitrogens with zero attached hydrogens (tertiary/aromatic N) is 5. The van der Waals surface area contributed by atoms with E-state index < -0.39 is 22.9 Å². The number of hydrogen-bond donors (Lipinski definition) is 1. The fourth-order valence-corrected chi connectivity index (χ4v) is 5.00. The number of thiazole rings is 1. The van der Waals surface area contributed by atoms with Crippen LogP contribution in [0.3, 0.4) is 0 Å². The van der Waals surface area contributed by atoms with E-state index in [-0.39, 0.29) is 12.1 Å². The summed E-state index contributed by atoms with van der Waals surface area (Å²) in [5.41, 5.74) is 0.924. The van der Waals surface area contributed by atoms with Gasteiger partial charge in [-0.3, -0.25) is 10.1 Å². The third-order valence-corrected chi connectivity index (χ3v) is 6.95. The van der Waals surface area contributed by atoms with Crippen LogP contribution in [0.4, 0.5) is 10.6 Å². The van der Waals surface area contributed by atoms with Gasteiger partial charge in [-0.15, -0.1) is 0 Å². The van der Waals surface area contributed by atoms with Gasteiger partial charge in [0.2, 0.25) is 0 Å². The highest BCUT2D eigenvalue weighted by atomic mass is 32.2. The first kappa shape index (κ1) is 22.2. The lowest BCUT2D eigenvalue weighted by Crippen LogP contribution is -2.27. The molecule has 0 aliphatic heterocycles. The summed E-state index contributed by atoms with van der Waals surface area (Å²) in [6, 6.07) is 3.41. The van der Waals surface area contributed by atoms with Crippen molar-refractivity contribution in [2.45, 2.75) is 37.3 Å². The second-order valence-corrected chi connectivity index (χ2v) is 10.7. The van der Waals surface area contributed by atoms with Crippen molar-refractivity contribution < 1.29 is 14.1 Å². The Bertz CT molecular complexity index is 1380. The van der Waals surface area contributed by atoms with Gasteiger partial charge in [0.1, 0.15) is 23.2 Å². The Morgan fingerprint density at radius 3 is 2.81 bits per heavy atom. The molecule has 12 heteroatoms. The Morgan fingerprint density at radius 1 is 1.38 bits per heavy atom. The minimum atomic E-state index is -1.19. The molecule has 0 saturated heterocycles. The van der Waals surface area contributed by atoms with Gasteiger partial charge in [0, 0.05) is 29.8 Å². The third kappa shape index (κ3) is 4.33. The highest BCUT2D eigenvalue weighted by Crippen LogP contribution is 2.32. The molecule has 0 bridgehead atoms. The van der Waals surface area contributed by atoms with Crippen molar-refractivity contribution in [3.8, 4) is 0 Å². The number of fused-ring (bicyclic) bond motifs is 3. The predicted molar refractivity (Wildman–Crippen MR) is 124 cm³/mol. The summed E-state index contributed by atoms with van der Waals surface area (Å²) in [6.07, 6.45) is 4.13. The minimum absolute atomic E-state index is 0.191. The van der Waals surface area contributed by atoms with E-state index in [1.165, 1.54) is 16.0 Å². The van der Waals surface area contributed by atoms with Crippen LogP contribution >= 0.6 is 11.3 Å². The van der Waals surface area contributed by atoms with Gasteiger partial charge in [-0.25, -0.2) is 14.5 Å². The van der Waals surface area contributed by atoms with E-state index in [9.17, 15) is 14.1 Å². The average molecular weight is 475 g/mol. The molecule has 1 amide bonds. The molecule has 4 rings (SSSR count). The number of nitrogens with one attached hydrogen (secondary N) is 1. The fourth-order valence-electron chi connectivity index (χ4n) is 3.23. The van der Waals surface area contributed by atoms with Crippen LogP contribution in [-0.4, -0.2) is 46.8 Å². The molecule has 0 aliphatic rings. The van der Waals surface area contributed by atoms with E-state index in [0.717, 1.165) is 10.3 Å². The summed E-state index contributed by atoms with van der Waals surface area (Å²) in [5.74, 6) is 0.314. The highest BCUT2D eigenvalue weighted by Gasteiger charge is 2.22. The second kappa shape index (κ2) is 8.19. The summed E-state index contributed by atoms with van der Waals surface area (Å²) in [5, 5.41) is 7.59. The second-order valence-electron chi connectivity index (χ2n) is 8.19. The molecule has 0 aliphatic carbocycles. The summed E-state index contributed by atoms with van der Waals surface area (Å²) >= 11 is 0.110. The van der Waals surface area contributed by atoms with Crippen molar-refractivity contribution in [3.05, 3.63) is 40.4 Å². The zero-order chi connectivity index (χ0) is 23.2. The van der Waals surface area contributed by atoms with Gasteiger partial charge in [-0.05, 0) is 38.5 Å². The van der Waals surface area contributed by atoms with Gasteiger partial charge in [-0.2, -0.15) is 10.1 Å². The molecule has 0 spiro atoms. The quantitative estimate of drug-likeness (QED) is 0.451. The third-order valence-electron chi connectivity index (χ3n) is 4.54. The zero-order valence-electron chi connectivity index (χ0n) is 18.2. The van der Waals surface area contributed by atoms with Crippen LogP contribution < -0.4 is 10.9 Å². The number of pyridine rings is 1. The van der Waals surface area contributed by atoms with Gasteiger partial charge < -0.3 is 13.9 Å². The molecule has 1 unspecified atom stereocenters. The normalized spacial score (nSPS) is 12.9. The first-order valence-electron chi connectivity index (χ1n) is 9.67. The van der Waals surface area contributed by atoms with Crippen LogP contribution in [0.2, 0.25) is 0 Å². The molecule has 0 aromatic carbocycles. The first-order chi connectivity index (χ1) is 15.0. The number of carbonyl (C=O) groups excluding carboxylic acids is 1. The molecule has 1 atom stereocenters. The van der Waals surface area contributed by atoms with E-state index in [1.54, 1.807) is 63.2 Å². The maximum atomic E-state index is 13.2. The number of aryl methyl sites for hydroxylation is 1. The van der Waals surface area contributed by atoms with E-state index in [4.69, 9.17) is 4.74 Å². The Balaban J connectivity index is 1.64. The lowest BCUT2D eigenvalue weighted by atomic mass is 10.2. The standard InChI is InChI=1S/C20H22N6O4S2/c1-20(2,3)30-18(28)23-13-8-11(6-7-21-13)10-26-17(27)14-12(9-22-26)15-16(25(14)4)24-19(31-15)32(5)29/h6-9H,10H2,1-5H3,(H,21,23,28). The number of hydrogen-bond acceptors (Lipinski definition) is 8. The fraction of sp³-hybridized carbons (Fsp3) is 0.350. The number of rotatable bonds is 4. The Kier molecular flexibility index (Phi) is 5.69. The van der Waals surface area contributed by atoms with Crippen LogP contribution in [0.1, 0.15) is 26.3 Å². The summed E-state index contributed by atoms with van der Waals surface area (Å²) in [7, 11) is 1.76. The largest absolute Gasteiger partial charge is 0.610 e. The van der Waals surface area contributed by atoms with Crippen LogP contribution in [0, 0.1) is 0 Å². The number of aromatic nitrogens is 5. The van der Waals surface area contributed by atoms with Crippen LogP contribution in [0.5, 0.6) is 0 Å². The van der Waals surface area contributed by atoms with Crippen LogP contribution in [0.15, 0.2) is 33.7 Å². The zero-order valence-corrected chi connectivity index (χ0v) is 19.8. The van der Waals surface area contributed by atoms with Gasteiger partial charge >= 0.3 is 10.4 Å². The number of ether oxygens (including phenoxy) is 1. The van der Waals surface area contributed by atoms with Gasteiger partial charge in [0.05, 0.1) is 17.4 Å². The monoisotopic (exact) mass is 474 g/mol. The van der Waals surface area contributed by atoms with E-state index in [2.05, 4.69) is 20.4 Å². The summed E-state index contributed by atoms with van der Waals surface area (Å²) in [4.78, 5) is 33.7. The van der Waals surface area contributed by atoms with Crippen LogP contribution in [-0.2, 0) is 29.5 Å². The lowest BCUT2D eigenvalue weighted by Gasteiger charge is -2.19. The SMILES string of the molecule is Cn1c2nc([S+](C)[O-])sc2c2cnn(Cc3ccnc(NC(=O)OC(C)(C)C)c3)c(=O)c21. The molecule has 4 heterocycles. The summed E-state index contributed by atoms with van der Waals surface area (Å²) < 4.78 is 21.4. The molecule has 0 radical (unpaired) electrons. The predicted octanol–water partition coefficient (Wildman–Crippen LogP) is 2.87. The van der Waals surface area contributed by atoms with Gasteiger partial charge in [0.15, 0.2) is 5.65 Å². The molecule has 32 heavy (non-hydrogen) atoms. The van der Waals surface area contributed by atoms with Crippen molar-refractivity contribution in [1.29, 1.82) is 0 Å². The lowest BCUT2D eigenvalue weighted by molar-refractivity contribution is 0.0635. The van der Waals surface area contributed by atoms with E-state index in [0.29, 0.717) is 26.7 Å². The molecule has 4 aromatic rings. The van der Waals surface area contributed by atoms with E-state index >= 15 is 0 Å². The molecule has 0 saturated carbocycles. The molecular formula is C20H22N6O4S2. The van der Waals surface area contributed by atoms with Crippen molar-refractivity contribution in [3.63, 3.8) is 0 Å².